The fourth-order valence-electron chi connectivity index (χ4n) is 2.92. The molecule has 2 aromatic carbocycles. The number of carbonyl (C=O) groups is 1. The number of hydrogen-bond donors (Lipinski definition) is 1. The Labute approximate surface area is 182 Å². The van der Waals surface area contributed by atoms with E-state index < -0.39 is 15.9 Å². The highest BCUT2D eigenvalue weighted by atomic mass is 32.2. The smallest absolute Gasteiger partial charge is 0.255 e. The summed E-state index contributed by atoms with van der Waals surface area (Å²) in [6.45, 7) is 3.51. The summed E-state index contributed by atoms with van der Waals surface area (Å²) in [5.41, 5.74) is 5.70. The van der Waals surface area contributed by atoms with Crippen LogP contribution in [0.4, 0.5) is 0 Å². The Morgan fingerprint density at radius 2 is 1.81 bits per heavy atom. The Balaban J connectivity index is 1.80. The number of pyridine rings is 1. The highest BCUT2D eigenvalue weighted by Gasteiger charge is 2.27. The Hall–Kier alpha value is -3.36. The average molecular weight is 437 g/mol. The fourth-order valence-corrected chi connectivity index (χ4v) is 4.30. The number of carbonyl (C=O) groups excluding carboxylic acids is 1. The minimum absolute atomic E-state index is 0.0647. The topological polar surface area (TPSA) is 91.7 Å². The zero-order valence-corrected chi connectivity index (χ0v) is 18.2. The lowest BCUT2D eigenvalue weighted by molar-refractivity contribution is -0.121. The lowest BCUT2D eigenvalue weighted by Gasteiger charge is -2.22. The monoisotopic (exact) mass is 436 g/mol. The molecule has 31 heavy (non-hydrogen) atoms. The number of nitrogens with zero attached hydrogens (tertiary/aromatic N) is 3. The number of amides is 1. The molecule has 3 aromatic rings. The maximum absolute atomic E-state index is 13.3. The van der Waals surface area contributed by atoms with E-state index in [-0.39, 0.29) is 18.0 Å². The maximum atomic E-state index is 13.3. The first-order chi connectivity index (χ1) is 14.8. The molecular formula is C23H24N4O3S. The van der Waals surface area contributed by atoms with Crippen LogP contribution in [0.5, 0.6) is 0 Å². The van der Waals surface area contributed by atoms with E-state index in [0.717, 1.165) is 21.0 Å². The van der Waals surface area contributed by atoms with Gasteiger partial charge in [0.2, 0.25) is 10.0 Å². The van der Waals surface area contributed by atoms with Crippen molar-refractivity contribution in [3.05, 3.63) is 95.3 Å². The van der Waals surface area contributed by atoms with E-state index >= 15 is 0 Å². The van der Waals surface area contributed by atoms with E-state index in [4.69, 9.17) is 0 Å². The number of sulfonamides is 1. The summed E-state index contributed by atoms with van der Waals surface area (Å²) in [7, 11) is -3.89. The molecule has 1 N–H and O–H groups in total. The van der Waals surface area contributed by atoms with Crippen LogP contribution in [0.15, 0.2) is 82.9 Å². The third kappa shape index (κ3) is 6.31. The molecule has 0 aliphatic carbocycles. The van der Waals surface area contributed by atoms with Crippen molar-refractivity contribution in [3.8, 4) is 0 Å². The van der Waals surface area contributed by atoms with Gasteiger partial charge in [-0.2, -0.15) is 9.41 Å². The van der Waals surface area contributed by atoms with Gasteiger partial charge in [-0.05, 0) is 43.7 Å². The molecule has 160 valence electrons. The number of aromatic nitrogens is 1. The van der Waals surface area contributed by atoms with E-state index in [1.165, 1.54) is 6.21 Å². The second kappa shape index (κ2) is 10.1. The predicted octanol–water partition coefficient (Wildman–Crippen LogP) is 3.04. The molecule has 3 rings (SSSR count). The van der Waals surface area contributed by atoms with Crippen molar-refractivity contribution >= 4 is 22.1 Å². The zero-order chi connectivity index (χ0) is 22.3. The van der Waals surface area contributed by atoms with Crippen LogP contribution >= 0.6 is 0 Å². The summed E-state index contributed by atoms with van der Waals surface area (Å²) in [5, 5.41) is 3.87. The Morgan fingerprint density at radius 1 is 1.03 bits per heavy atom. The molecule has 1 amide bonds. The first-order valence-electron chi connectivity index (χ1n) is 9.70. The van der Waals surface area contributed by atoms with Gasteiger partial charge in [-0.15, -0.1) is 0 Å². The van der Waals surface area contributed by atoms with Gasteiger partial charge in [0.15, 0.2) is 0 Å². The van der Waals surface area contributed by atoms with Crippen molar-refractivity contribution in [2.45, 2.75) is 25.3 Å². The molecule has 0 saturated carbocycles. The number of hydrazone groups is 1. The number of hydrogen-bond acceptors (Lipinski definition) is 5. The van der Waals surface area contributed by atoms with Crippen LogP contribution in [0.1, 0.15) is 22.4 Å². The average Bonchev–Trinajstić information content (AvgIpc) is 2.74. The Bertz CT molecular complexity index is 1160. The van der Waals surface area contributed by atoms with Crippen molar-refractivity contribution in [2.75, 3.05) is 6.54 Å². The van der Waals surface area contributed by atoms with E-state index in [0.29, 0.717) is 5.69 Å². The van der Waals surface area contributed by atoms with Gasteiger partial charge in [0.25, 0.3) is 5.91 Å². The van der Waals surface area contributed by atoms with Crippen LogP contribution in [-0.2, 0) is 21.4 Å². The molecule has 7 nitrogen and oxygen atoms in total. The van der Waals surface area contributed by atoms with E-state index in [1.54, 1.807) is 48.7 Å². The molecule has 8 heteroatoms. The van der Waals surface area contributed by atoms with E-state index in [9.17, 15) is 13.2 Å². The lowest BCUT2D eigenvalue weighted by atomic mass is 10.1. The molecular weight excluding hydrogens is 412 g/mol. The van der Waals surface area contributed by atoms with Gasteiger partial charge >= 0.3 is 0 Å². The number of rotatable bonds is 8. The normalized spacial score (nSPS) is 11.7. The van der Waals surface area contributed by atoms with Crippen LogP contribution in [0, 0.1) is 13.8 Å². The first kappa shape index (κ1) is 22.3. The fraction of sp³-hybridized carbons (Fsp3) is 0.174. The quantitative estimate of drug-likeness (QED) is 0.434. The summed E-state index contributed by atoms with van der Waals surface area (Å²) in [5.74, 6) is -0.546. The van der Waals surface area contributed by atoms with Crippen molar-refractivity contribution in [2.24, 2.45) is 5.10 Å². The number of nitrogens with one attached hydrogen (secondary N) is 1. The molecule has 0 saturated heterocycles. The minimum Gasteiger partial charge on any atom is -0.272 e. The van der Waals surface area contributed by atoms with Gasteiger partial charge in [0, 0.05) is 12.7 Å². The predicted molar refractivity (Wildman–Crippen MR) is 120 cm³/mol. The molecule has 1 aromatic heterocycles. The molecule has 0 radical (unpaired) electrons. The van der Waals surface area contributed by atoms with Crippen LogP contribution in [0.25, 0.3) is 0 Å². The molecule has 0 atom stereocenters. The lowest BCUT2D eigenvalue weighted by Crippen LogP contribution is -2.39. The maximum Gasteiger partial charge on any atom is 0.255 e. The molecule has 0 spiro atoms. The van der Waals surface area contributed by atoms with Gasteiger partial charge in [0.1, 0.15) is 0 Å². The van der Waals surface area contributed by atoms with E-state index in [1.807, 2.05) is 38.1 Å². The summed E-state index contributed by atoms with van der Waals surface area (Å²) in [6, 6.07) is 19.4. The summed E-state index contributed by atoms with van der Waals surface area (Å²) < 4.78 is 27.7. The van der Waals surface area contributed by atoms with E-state index in [2.05, 4.69) is 15.5 Å². The highest BCUT2D eigenvalue weighted by Crippen LogP contribution is 2.19. The van der Waals surface area contributed by atoms with Gasteiger partial charge < -0.3 is 0 Å². The SMILES string of the molecule is Cc1ccc(S(=O)(=O)N(CC(=O)NN=Cc2ccccn2)Cc2cccc(C)c2)cc1. The molecule has 0 fully saturated rings. The van der Waals surface area contributed by atoms with Crippen molar-refractivity contribution in [1.82, 2.24) is 14.7 Å². The first-order valence-corrected chi connectivity index (χ1v) is 11.1. The molecule has 0 aliphatic rings. The second-order valence-electron chi connectivity index (χ2n) is 7.12. The summed E-state index contributed by atoms with van der Waals surface area (Å²) in [4.78, 5) is 16.7. The van der Waals surface area contributed by atoms with Crippen LogP contribution in [0.2, 0.25) is 0 Å². The van der Waals surface area contributed by atoms with Gasteiger partial charge in [-0.1, -0.05) is 53.6 Å². The van der Waals surface area contributed by atoms with Crippen LogP contribution in [0.3, 0.4) is 0 Å². The van der Waals surface area contributed by atoms with Crippen molar-refractivity contribution in [3.63, 3.8) is 0 Å². The summed E-state index contributed by atoms with van der Waals surface area (Å²) >= 11 is 0. The van der Waals surface area contributed by atoms with Gasteiger partial charge in [0.05, 0.1) is 23.3 Å². The minimum atomic E-state index is -3.89. The summed E-state index contributed by atoms with van der Waals surface area (Å²) in [6.07, 6.45) is 3.01. The largest absolute Gasteiger partial charge is 0.272 e. The molecule has 0 aliphatic heterocycles. The highest BCUT2D eigenvalue weighted by molar-refractivity contribution is 7.89. The Kier molecular flexibility index (Phi) is 7.28. The number of benzene rings is 2. The van der Waals surface area contributed by atoms with Crippen LogP contribution < -0.4 is 5.43 Å². The van der Waals surface area contributed by atoms with Gasteiger partial charge in [-0.25, -0.2) is 13.8 Å². The van der Waals surface area contributed by atoms with Gasteiger partial charge in [-0.3, -0.25) is 9.78 Å². The molecule has 0 unspecified atom stereocenters. The third-order valence-corrected chi connectivity index (χ3v) is 6.30. The Morgan fingerprint density at radius 3 is 2.48 bits per heavy atom. The number of aryl methyl sites for hydroxylation is 2. The standard InChI is InChI=1S/C23H24N4O3S/c1-18-9-11-22(12-10-18)31(29,30)27(16-20-7-5-6-19(2)14-20)17-23(28)26-25-15-21-8-3-4-13-24-21/h3-15H,16-17H2,1-2H3,(H,26,28). The van der Waals surface area contributed by atoms with Crippen molar-refractivity contribution < 1.29 is 13.2 Å². The second-order valence-corrected chi connectivity index (χ2v) is 9.06. The van der Waals surface area contributed by atoms with Crippen LogP contribution in [-0.4, -0.2) is 36.4 Å². The third-order valence-electron chi connectivity index (χ3n) is 4.49. The zero-order valence-electron chi connectivity index (χ0n) is 17.4. The molecule has 0 bridgehead atoms. The molecule has 1 heterocycles. The van der Waals surface area contributed by atoms with Crippen molar-refractivity contribution in [1.29, 1.82) is 0 Å².